The second-order valence-electron chi connectivity index (χ2n) is 5.19. The molecule has 0 radical (unpaired) electrons. The summed E-state index contributed by atoms with van der Waals surface area (Å²) in [7, 11) is 0. The third-order valence-corrected chi connectivity index (χ3v) is 4.00. The highest BCUT2D eigenvalue weighted by Gasteiger charge is 2.18. The Bertz CT molecular complexity index is 703. The molecule has 0 saturated carbocycles. The van der Waals surface area contributed by atoms with Crippen molar-refractivity contribution in [1.82, 2.24) is 9.97 Å². The van der Waals surface area contributed by atoms with Gasteiger partial charge in [-0.15, -0.1) is 0 Å². The lowest BCUT2D eigenvalue weighted by atomic mass is 10.1. The minimum atomic E-state index is -0.364. The van der Waals surface area contributed by atoms with Gasteiger partial charge >= 0.3 is 0 Å². The first-order valence-electron chi connectivity index (χ1n) is 6.95. The van der Waals surface area contributed by atoms with Gasteiger partial charge in [0.15, 0.2) is 5.78 Å². The van der Waals surface area contributed by atoms with Gasteiger partial charge in [-0.05, 0) is 37.0 Å². The number of ketones is 1. The van der Waals surface area contributed by atoms with Crippen LogP contribution < -0.4 is 0 Å². The van der Waals surface area contributed by atoms with Gasteiger partial charge in [-0.25, -0.2) is 14.4 Å². The van der Waals surface area contributed by atoms with Gasteiger partial charge in [-0.1, -0.05) is 17.7 Å². The summed E-state index contributed by atoms with van der Waals surface area (Å²) < 4.78 is 13.0. The van der Waals surface area contributed by atoms with Gasteiger partial charge in [0, 0.05) is 24.1 Å². The van der Waals surface area contributed by atoms with E-state index < -0.39 is 0 Å². The van der Waals surface area contributed by atoms with Crippen LogP contribution in [-0.2, 0) is 12.8 Å². The zero-order valence-corrected chi connectivity index (χ0v) is 12.2. The van der Waals surface area contributed by atoms with Crippen LogP contribution in [0, 0.1) is 5.82 Å². The SMILES string of the molecule is O=C1CCCCc2nc(Cc3ccc(F)cc3Cl)ncc21. The van der Waals surface area contributed by atoms with Crippen LogP contribution in [0.2, 0.25) is 5.02 Å². The standard InChI is InChI=1S/C16H14ClFN2O/c17-13-8-11(18)6-5-10(13)7-16-19-9-12-14(20-16)3-1-2-4-15(12)21/h5-6,8-9H,1-4,7H2. The summed E-state index contributed by atoms with van der Waals surface area (Å²) in [5.41, 5.74) is 2.24. The molecule has 0 fully saturated rings. The van der Waals surface area contributed by atoms with Gasteiger partial charge < -0.3 is 0 Å². The molecule has 1 heterocycles. The van der Waals surface area contributed by atoms with Crippen LogP contribution in [0.4, 0.5) is 4.39 Å². The molecule has 0 unspecified atom stereocenters. The molecule has 108 valence electrons. The largest absolute Gasteiger partial charge is 0.294 e. The fourth-order valence-corrected chi connectivity index (χ4v) is 2.75. The molecule has 0 amide bonds. The van der Waals surface area contributed by atoms with Crippen molar-refractivity contribution in [3.63, 3.8) is 0 Å². The average Bonchev–Trinajstić information content (AvgIpc) is 2.64. The normalized spacial score (nSPS) is 14.7. The van der Waals surface area contributed by atoms with E-state index >= 15 is 0 Å². The molecule has 0 N–H and O–H groups in total. The molecule has 0 atom stereocenters. The Kier molecular flexibility index (Phi) is 3.97. The predicted octanol–water partition coefficient (Wildman–Crippen LogP) is 3.77. The number of rotatable bonds is 2. The first kappa shape index (κ1) is 14.1. The van der Waals surface area contributed by atoms with E-state index in [9.17, 15) is 9.18 Å². The molecule has 0 spiro atoms. The highest BCUT2D eigenvalue weighted by Crippen LogP contribution is 2.22. The molecule has 21 heavy (non-hydrogen) atoms. The Morgan fingerprint density at radius 1 is 1.24 bits per heavy atom. The van der Waals surface area contributed by atoms with E-state index in [1.165, 1.54) is 12.1 Å². The molecule has 0 bridgehead atoms. The van der Waals surface area contributed by atoms with Crippen molar-refractivity contribution in [3.8, 4) is 0 Å². The molecule has 1 aliphatic carbocycles. The number of benzene rings is 1. The van der Waals surface area contributed by atoms with Gasteiger partial charge in [0.25, 0.3) is 0 Å². The third-order valence-electron chi connectivity index (χ3n) is 3.65. The molecule has 1 aromatic carbocycles. The van der Waals surface area contributed by atoms with Crippen LogP contribution in [0.5, 0.6) is 0 Å². The van der Waals surface area contributed by atoms with E-state index in [4.69, 9.17) is 11.6 Å². The Labute approximate surface area is 127 Å². The van der Waals surface area contributed by atoms with Crippen molar-refractivity contribution in [2.24, 2.45) is 0 Å². The number of carbonyl (C=O) groups is 1. The van der Waals surface area contributed by atoms with Crippen molar-refractivity contribution in [3.05, 3.63) is 57.9 Å². The Morgan fingerprint density at radius 3 is 2.86 bits per heavy atom. The second-order valence-corrected chi connectivity index (χ2v) is 5.60. The van der Waals surface area contributed by atoms with Gasteiger partial charge in [0.1, 0.15) is 11.6 Å². The topological polar surface area (TPSA) is 42.9 Å². The van der Waals surface area contributed by atoms with Crippen molar-refractivity contribution >= 4 is 17.4 Å². The van der Waals surface area contributed by atoms with Gasteiger partial charge in [0.05, 0.1) is 11.3 Å². The number of aromatic nitrogens is 2. The molecule has 5 heteroatoms. The van der Waals surface area contributed by atoms with E-state index in [0.717, 1.165) is 30.5 Å². The van der Waals surface area contributed by atoms with E-state index in [-0.39, 0.29) is 11.6 Å². The molecule has 3 nitrogen and oxygen atoms in total. The summed E-state index contributed by atoms with van der Waals surface area (Å²) >= 11 is 6.02. The maximum absolute atomic E-state index is 13.0. The van der Waals surface area contributed by atoms with Crippen LogP contribution in [-0.4, -0.2) is 15.8 Å². The maximum atomic E-state index is 13.0. The highest BCUT2D eigenvalue weighted by molar-refractivity contribution is 6.31. The molecule has 0 aliphatic heterocycles. The summed E-state index contributed by atoms with van der Waals surface area (Å²) in [5.74, 6) is 0.364. The van der Waals surface area contributed by atoms with Crippen LogP contribution in [0.1, 0.15) is 46.7 Å². The smallest absolute Gasteiger partial charge is 0.166 e. The summed E-state index contributed by atoms with van der Waals surface area (Å²) in [4.78, 5) is 20.7. The summed E-state index contributed by atoms with van der Waals surface area (Å²) in [5, 5.41) is 0.365. The van der Waals surface area contributed by atoms with Crippen LogP contribution >= 0.6 is 11.6 Å². The summed E-state index contributed by atoms with van der Waals surface area (Å²) in [6.45, 7) is 0. The maximum Gasteiger partial charge on any atom is 0.166 e. The van der Waals surface area contributed by atoms with Crippen LogP contribution in [0.25, 0.3) is 0 Å². The van der Waals surface area contributed by atoms with E-state index in [1.807, 2.05) is 0 Å². The lowest BCUT2D eigenvalue weighted by Crippen LogP contribution is -2.07. The van der Waals surface area contributed by atoms with Crippen molar-refractivity contribution in [2.45, 2.75) is 32.1 Å². The van der Waals surface area contributed by atoms with Crippen molar-refractivity contribution in [2.75, 3.05) is 0 Å². The van der Waals surface area contributed by atoms with Crippen molar-refractivity contribution in [1.29, 1.82) is 0 Å². The second kappa shape index (κ2) is 5.90. The minimum Gasteiger partial charge on any atom is -0.294 e. The first-order valence-corrected chi connectivity index (χ1v) is 7.33. The number of Topliss-reactive ketones (excluding diaryl/α,β-unsaturated/α-hetero) is 1. The highest BCUT2D eigenvalue weighted by atomic mass is 35.5. The fraction of sp³-hybridized carbons (Fsp3) is 0.312. The summed E-state index contributed by atoms with van der Waals surface area (Å²) in [6.07, 6.45) is 5.28. The lowest BCUT2D eigenvalue weighted by Gasteiger charge is -2.07. The fourth-order valence-electron chi connectivity index (χ4n) is 2.52. The van der Waals surface area contributed by atoms with Gasteiger partial charge in [0.2, 0.25) is 0 Å². The number of carbonyl (C=O) groups excluding carboxylic acids is 1. The zero-order chi connectivity index (χ0) is 14.8. The molecule has 1 aliphatic rings. The zero-order valence-electron chi connectivity index (χ0n) is 11.4. The number of halogens is 2. The molecule has 3 rings (SSSR count). The average molecular weight is 305 g/mol. The Hall–Kier alpha value is -1.81. The third kappa shape index (κ3) is 3.10. The monoisotopic (exact) mass is 304 g/mol. The molecule has 2 aromatic rings. The summed E-state index contributed by atoms with van der Waals surface area (Å²) in [6, 6.07) is 4.29. The minimum absolute atomic E-state index is 0.119. The van der Waals surface area contributed by atoms with E-state index in [2.05, 4.69) is 9.97 Å². The van der Waals surface area contributed by atoms with E-state index in [0.29, 0.717) is 29.3 Å². The van der Waals surface area contributed by atoms with Gasteiger partial charge in [-0.2, -0.15) is 0 Å². The van der Waals surface area contributed by atoms with Gasteiger partial charge in [-0.3, -0.25) is 4.79 Å². The van der Waals surface area contributed by atoms with Crippen LogP contribution in [0.3, 0.4) is 0 Å². The molecule has 1 aromatic heterocycles. The van der Waals surface area contributed by atoms with Crippen LogP contribution in [0.15, 0.2) is 24.4 Å². The number of hydrogen-bond acceptors (Lipinski definition) is 3. The first-order chi connectivity index (χ1) is 10.1. The molecular formula is C16H14ClFN2O. The number of nitrogens with zero attached hydrogens (tertiary/aromatic N) is 2. The number of aryl methyl sites for hydroxylation is 1. The number of fused-ring (bicyclic) bond motifs is 1. The lowest BCUT2D eigenvalue weighted by molar-refractivity contribution is 0.0981. The number of hydrogen-bond donors (Lipinski definition) is 0. The quantitative estimate of drug-likeness (QED) is 0.793. The van der Waals surface area contributed by atoms with Crippen molar-refractivity contribution < 1.29 is 9.18 Å². The Balaban J connectivity index is 1.90. The molecule has 0 saturated heterocycles. The van der Waals surface area contributed by atoms with E-state index in [1.54, 1.807) is 12.3 Å². The molecular weight excluding hydrogens is 291 g/mol. The predicted molar refractivity (Wildman–Crippen MR) is 78.1 cm³/mol. The Morgan fingerprint density at radius 2 is 2.05 bits per heavy atom.